The monoisotopic (exact) mass is 260 g/mol. The van der Waals surface area contributed by atoms with E-state index in [0.29, 0.717) is 0 Å². The molecule has 0 N–H and O–H groups in total. The quantitative estimate of drug-likeness (QED) is 0.587. The minimum absolute atomic E-state index is 0.102. The predicted octanol–water partition coefficient (Wildman–Crippen LogP) is 4.05. The van der Waals surface area contributed by atoms with Crippen LogP contribution in [0.25, 0.3) is 0 Å². The molecule has 0 fully saturated rings. The maximum atomic E-state index is 12.7. The maximum Gasteiger partial charge on any atom is 0.264 e. The number of rotatable bonds is 5. The van der Waals surface area contributed by atoms with Gasteiger partial charge in [0.15, 0.2) is 0 Å². The lowest BCUT2D eigenvalue weighted by Gasteiger charge is -2.03. The Bertz CT molecular complexity index is 541. The summed E-state index contributed by atoms with van der Waals surface area (Å²) < 4.78 is 25.4. The van der Waals surface area contributed by atoms with Crippen molar-refractivity contribution in [1.82, 2.24) is 0 Å². The van der Waals surface area contributed by atoms with Gasteiger partial charge in [-0.25, -0.2) is 8.78 Å². The van der Waals surface area contributed by atoms with Gasteiger partial charge >= 0.3 is 0 Å². The third kappa shape index (κ3) is 3.88. The van der Waals surface area contributed by atoms with Gasteiger partial charge in [0.1, 0.15) is 12.8 Å². The summed E-state index contributed by atoms with van der Waals surface area (Å²) >= 11 is 0. The predicted molar refractivity (Wildman–Crippen MR) is 69.2 cm³/mol. The molecule has 2 nitrogen and oxygen atoms in total. The molecule has 19 heavy (non-hydrogen) atoms. The smallest absolute Gasteiger partial charge is 0.264 e. The van der Waals surface area contributed by atoms with Gasteiger partial charge in [-0.1, -0.05) is 59.8 Å². The van der Waals surface area contributed by atoms with Gasteiger partial charge in [0.2, 0.25) is 0 Å². The van der Waals surface area contributed by atoms with Crippen molar-refractivity contribution < 1.29 is 13.6 Å². The molecule has 1 radical (unpaired) electrons. The van der Waals surface area contributed by atoms with Crippen molar-refractivity contribution in [2.24, 2.45) is 5.16 Å². The Kier molecular flexibility index (Phi) is 4.61. The molecule has 0 amide bonds. The zero-order chi connectivity index (χ0) is 13.5. The molecule has 2 rings (SSSR count). The summed E-state index contributed by atoms with van der Waals surface area (Å²) in [4.78, 5) is 5.03. The van der Waals surface area contributed by atoms with Gasteiger partial charge in [-0.2, -0.15) is 0 Å². The van der Waals surface area contributed by atoms with Crippen molar-refractivity contribution in [2.45, 2.75) is 13.0 Å². The lowest BCUT2D eigenvalue weighted by molar-refractivity contribution is 0.132. The van der Waals surface area contributed by atoms with Crippen LogP contribution in [0, 0.1) is 0 Å². The Labute approximate surface area is 110 Å². The summed E-state index contributed by atoms with van der Waals surface area (Å²) in [6.07, 6.45) is -0.0605. The van der Waals surface area contributed by atoms with E-state index in [4.69, 9.17) is 4.84 Å². The second-order valence-electron chi connectivity index (χ2n) is 3.85. The molecule has 0 spiro atoms. The van der Waals surface area contributed by atoms with Crippen LogP contribution in [0.5, 0.6) is 0 Å². The molecular formula is C15H12F2NO. The fraction of sp³-hybridized carbons (Fsp3) is 0.133. The molecule has 4 heteroatoms. The van der Waals surface area contributed by atoms with E-state index >= 15 is 0 Å². The molecular weight excluding hydrogens is 248 g/mol. The van der Waals surface area contributed by atoms with Crippen molar-refractivity contribution in [3.63, 3.8) is 0 Å². The van der Waals surface area contributed by atoms with E-state index in [-0.39, 0.29) is 17.7 Å². The van der Waals surface area contributed by atoms with E-state index < -0.39 is 6.43 Å². The molecule has 0 aliphatic heterocycles. The van der Waals surface area contributed by atoms with Crippen LogP contribution in [-0.4, -0.2) is 6.21 Å². The molecule has 0 atom stereocenters. The first-order chi connectivity index (χ1) is 9.27. The van der Waals surface area contributed by atoms with E-state index in [9.17, 15) is 8.78 Å². The van der Waals surface area contributed by atoms with E-state index in [1.807, 2.05) is 30.3 Å². The number of alkyl halides is 2. The number of nitrogens with zero attached hydrogens (tertiary/aromatic N) is 1. The normalized spacial score (nSPS) is 11.1. The highest BCUT2D eigenvalue weighted by molar-refractivity contribution is 5.81. The number of halogens is 2. The molecule has 0 bridgehead atoms. The van der Waals surface area contributed by atoms with Gasteiger partial charge in [-0.3, -0.25) is 0 Å². The van der Waals surface area contributed by atoms with Crippen LogP contribution in [0.4, 0.5) is 8.78 Å². The standard InChI is InChI=1S/C15H12F2NO/c16-15(17)14-9-5-4-8-13(14)10-18-19-11-12-6-2-1-3-7-12/h1-9,15H,11H2. The van der Waals surface area contributed by atoms with Crippen molar-refractivity contribution in [2.75, 3.05) is 0 Å². The summed E-state index contributed by atoms with van der Waals surface area (Å²) in [6, 6.07) is 15.5. The van der Waals surface area contributed by atoms with E-state index in [1.54, 1.807) is 12.1 Å². The van der Waals surface area contributed by atoms with Crippen LogP contribution in [0.2, 0.25) is 0 Å². The van der Waals surface area contributed by atoms with Crippen LogP contribution >= 0.6 is 0 Å². The molecule has 0 saturated carbocycles. The van der Waals surface area contributed by atoms with Gasteiger partial charge in [-0.15, -0.1) is 0 Å². The van der Waals surface area contributed by atoms with Crippen LogP contribution in [0.3, 0.4) is 0 Å². The largest absolute Gasteiger partial charge is 0.390 e. The third-order valence-corrected chi connectivity index (χ3v) is 2.50. The first-order valence-corrected chi connectivity index (χ1v) is 5.76. The van der Waals surface area contributed by atoms with Crippen molar-refractivity contribution in [3.05, 3.63) is 71.3 Å². The minimum atomic E-state index is -2.55. The molecule has 0 unspecified atom stereocenters. The van der Waals surface area contributed by atoms with Gasteiger partial charge in [0.25, 0.3) is 6.43 Å². The summed E-state index contributed by atoms with van der Waals surface area (Å²) in [5.41, 5.74) is 1.09. The lowest BCUT2D eigenvalue weighted by Crippen LogP contribution is -1.94. The second-order valence-corrected chi connectivity index (χ2v) is 3.85. The molecule has 97 valence electrons. The van der Waals surface area contributed by atoms with Crippen LogP contribution in [-0.2, 0) is 11.4 Å². The second kappa shape index (κ2) is 6.64. The fourth-order valence-corrected chi connectivity index (χ4v) is 1.55. The van der Waals surface area contributed by atoms with Gasteiger partial charge < -0.3 is 4.84 Å². The fourth-order valence-electron chi connectivity index (χ4n) is 1.55. The SMILES string of the molecule is FC(F)c1ccccc1/[C]=N\OCc1ccccc1. The molecule has 0 saturated heterocycles. The van der Waals surface area contributed by atoms with E-state index in [1.165, 1.54) is 12.1 Å². The zero-order valence-electron chi connectivity index (χ0n) is 10.1. The highest BCUT2D eigenvalue weighted by Crippen LogP contribution is 2.21. The number of hydrogen-bond acceptors (Lipinski definition) is 2. The van der Waals surface area contributed by atoms with Crippen molar-refractivity contribution in [1.29, 1.82) is 0 Å². The average Bonchev–Trinajstić information content (AvgIpc) is 2.45. The molecule has 0 aliphatic carbocycles. The summed E-state index contributed by atoms with van der Waals surface area (Å²) in [6.45, 7) is 0.282. The topological polar surface area (TPSA) is 21.6 Å². The number of benzene rings is 2. The maximum absolute atomic E-state index is 12.7. The Morgan fingerprint density at radius 1 is 1.00 bits per heavy atom. The van der Waals surface area contributed by atoms with Gasteiger partial charge in [-0.05, 0) is 5.56 Å². The van der Waals surface area contributed by atoms with Crippen molar-refractivity contribution >= 4 is 6.21 Å². The highest BCUT2D eigenvalue weighted by atomic mass is 19.3. The Hall–Kier alpha value is -2.23. The summed E-state index contributed by atoms with van der Waals surface area (Å²) in [7, 11) is 0. The Morgan fingerprint density at radius 3 is 2.42 bits per heavy atom. The van der Waals surface area contributed by atoms with Crippen LogP contribution in [0.1, 0.15) is 23.1 Å². The Balaban J connectivity index is 1.96. The lowest BCUT2D eigenvalue weighted by atomic mass is 10.1. The van der Waals surface area contributed by atoms with E-state index in [2.05, 4.69) is 11.4 Å². The Morgan fingerprint density at radius 2 is 1.68 bits per heavy atom. The van der Waals surface area contributed by atoms with E-state index in [0.717, 1.165) is 5.56 Å². The minimum Gasteiger partial charge on any atom is -0.390 e. The molecule has 2 aromatic carbocycles. The first-order valence-electron chi connectivity index (χ1n) is 5.76. The molecule has 0 aliphatic rings. The van der Waals surface area contributed by atoms with Crippen LogP contribution < -0.4 is 0 Å². The first kappa shape index (κ1) is 13.2. The zero-order valence-corrected chi connectivity index (χ0v) is 10.1. The average molecular weight is 260 g/mol. The van der Waals surface area contributed by atoms with Crippen LogP contribution in [0.15, 0.2) is 59.8 Å². The third-order valence-electron chi connectivity index (χ3n) is 2.50. The molecule has 2 aromatic rings. The van der Waals surface area contributed by atoms with Crippen molar-refractivity contribution in [3.8, 4) is 0 Å². The summed E-state index contributed by atoms with van der Waals surface area (Å²) in [5.74, 6) is 0. The highest BCUT2D eigenvalue weighted by Gasteiger charge is 2.10. The number of hydrogen-bond donors (Lipinski definition) is 0. The molecule has 0 heterocycles. The van der Waals surface area contributed by atoms with Gasteiger partial charge in [0.05, 0.1) is 0 Å². The summed E-state index contributed by atoms with van der Waals surface area (Å²) in [5, 5.41) is 3.60. The molecule has 0 aromatic heterocycles. The van der Waals surface area contributed by atoms with Gasteiger partial charge in [0, 0.05) is 11.1 Å².